The first-order chi connectivity index (χ1) is 12.1. The van der Waals surface area contributed by atoms with E-state index in [2.05, 4.69) is 63.6 Å². The molecule has 2 atom stereocenters. The number of hydrogen-bond donors (Lipinski definition) is 1. The van der Waals surface area contributed by atoms with E-state index >= 15 is 0 Å². The van der Waals surface area contributed by atoms with Gasteiger partial charge in [0.1, 0.15) is 6.17 Å². The van der Waals surface area contributed by atoms with E-state index in [0.29, 0.717) is 13.0 Å². The van der Waals surface area contributed by atoms with Crippen LogP contribution in [0.1, 0.15) is 30.4 Å². The minimum absolute atomic E-state index is 0.0228. The molecule has 1 N–H and O–H groups in total. The highest BCUT2D eigenvalue weighted by Crippen LogP contribution is 2.32. The molecule has 1 saturated heterocycles. The fourth-order valence-corrected chi connectivity index (χ4v) is 3.70. The highest BCUT2D eigenvalue weighted by Gasteiger charge is 2.36. The number of allylic oxidation sites excluding steroid dienone is 1. The van der Waals surface area contributed by atoms with Gasteiger partial charge in [0.15, 0.2) is 0 Å². The van der Waals surface area contributed by atoms with Crippen LogP contribution in [0.15, 0.2) is 35.3 Å². The van der Waals surface area contributed by atoms with Crippen molar-refractivity contribution in [2.24, 2.45) is 10.9 Å². The largest absolute Gasteiger partial charge is 0.465 e. The molecule has 2 heterocycles. The summed E-state index contributed by atoms with van der Waals surface area (Å²) in [5, 5.41) is 2.13. The van der Waals surface area contributed by atoms with Crippen LogP contribution < -0.4 is 5.43 Å². The number of carbonyl (C=O) groups is 1. The molecule has 4 rings (SSSR count). The number of ether oxygens (including phenoxy) is 1. The van der Waals surface area contributed by atoms with Crippen LogP contribution in [0.5, 0.6) is 0 Å². The number of rotatable bonds is 5. The third kappa shape index (κ3) is 3.65. The predicted octanol–water partition coefficient (Wildman–Crippen LogP) is 3.04. The Labute approximate surface area is 156 Å². The van der Waals surface area contributed by atoms with E-state index in [1.165, 1.54) is 11.1 Å². The van der Waals surface area contributed by atoms with Crippen LogP contribution in [0.4, 0.5) is 0 Å². The quantitative estimate of drug-likeness (QED) is 0.606. The van der Waals surface area contributed by atoms with E-state index in [9.17, 15) is 4.79 Å². The number of nitrogens with one attached hydrogen (secondary N) is 1. The molecule has 2 unspecified atom stereocenters. The van der Waals surface area contributed by atoms with E-state index in [0.717, 1.165) is 30.8 Å². The molecule has 0 bridgehead atoms. The molecule has 1 aliphatic carbocycles. The van der Waals surface area contributed by atoms with Gasteiger partial charge in [-0.25, -0.2) is 5.43 Å². The smallest absolute Gasteiger partial charge is 0.308 e. The zero-order valence-corrected chi connectivity index (χ0v) is 15.8. The highest BCUT2D eigenvalue weighted by atomic mass is 79.9. The molecule has 2 aliphatic heterocycles. The van der Waals surface area contributed by atoms with Crippen molar-refractivity contribution < 1.29 is 9.53 Å². The number of halogens is 1. The summed E-state index contributed by atoms with van der Waals surface area (Å²) in [6.45, 7) is 3.33. The van der Waals surface area contributed by atoms with Crippen molar-refractivity contribution in [1.82, 2.24) is 10.4 Å². The molecule has 0 aromatic heterocycles. The maximum absolute atomic E-state index is 11.7. The normalized spacial score (nSPS) is 25.3. The Bertz CT molecular complexity index is 742. The number of hydrogen-bond acceptors (Lipinski definition) is 5. The van der Waals surface area contributed by atoms with Crippen molar-refractivity contribution >= 4 is 33.3 Å². The summed E-state index contributed by atoms with van der Waals surface area (Å²) in [5.74, 6) is 0.0926. The molecule has 25 heavy (non-hydrogen) atoms. The summed E-state index contributed by atoms with van der Waals surface area (Å²) < 4.78 is 5.38. The summed E-state index contributed by atoms with van der Waals surface area (Å²) in [5.41, 5.74) is 7.92. The number of benzene rings is 1. The van der Waals surface area contributed by atoms with Gasteiger partial charge in [-0.2, -0.15) is 0 Å². The summed E-state index contributed by atoms with van der Waals surface area (Å²) in [6, 6.07) is 8.48. The van der Waals surface area contributed by atoms with Gasteiger partial charge < -0.3 is 4.74 Å². The van der Waals surface area contributed by atoms with Gasteiger partial charge in [-0.3, -0.25) is 14.8 Å². The van der Waals surface area contributed by atoms with Crippen molar-refractivity contribution in [3.63, 3.8) is 0 Å². The van der Waals surface area contributed by atoms with Gasteiger partial charge >= 0.3 is 5.97 Å². The molecule has 0 spiro atoms. The monoisotopic (exact) mass is 403 g/mol. The predicted molar refractivity (Wildman–Crippen MR) is 101 cm³/mol. The zero-order valence-electron chi connectivity index (χ0n) is 14.2. The number of esters is 1. The number of hydrazine groups is 1. The van der Waals surface area contributed by atoms with Gasteiger partial charge in [0.05, 0.1) is 23.0 Å². The van der Waals surface area contributed by atoms with Gasteiger partial charge in [-0.1, -0.05) is 39.7 Å². The Morgan fingerprint density at radius 1 is 1.44 bits per heavy atom. The van der Waals surface area contributed by atoms with Crippen molar-refractivity contribution in [2.45, 2.75) is 37.2 Å². The van der Waals surface area contributed by atoms with Crippen LogP contribution in [0.25, 0.3) is 5.70 Å². The van der Waals surface area contributed by atoms with E-state index in [-0.39, 0.29) is 22.9 Å². The average Bonchev–Trinajstić information content (AvgIpc) is 3.39. The SMILES string of the molecule is Cc1cccc(C2=CC(CCOC(=O)C3CC3)=NC3C(Br)CNN23)c1. The maximum Gasteiger partial charge on any atom is 0.308 e. The first-order valence-corrected chi connectivity index (χ1v) is 9.72. The van der Waals surface area contributed by atoms with Crippen molar-refractivity contribution in [2.75, 3.05) is 13.2 Å². The molecule has 5 nitrogen and oxygen atoms in total. The van der Waals surface area contributed by atoms with Crippen molar-refractivity contribution in [3.05, 3.63) is 41.5 Å². The Hall–Kier alpha value is -1.66. The Kier molecular flexibility index (Phi) is 4.65. The minimum Gasteiger partial charge on any atom is -0.465 e. The number of aliphatic imine (C=N–C) groups is 1. The fourth-order valence-electron chi connectivity index (χ4n) is 3.20. The standard InChI is InChI=1S/C19H22BrN3O2/c1-12-3-2-4-14(9-12)17-10-15(7-8-25-19(24)13-5-6-13)22-18-16(20)11-21-23(17)18/h2-4,9-10,13,16,18,21H,5-8,11H2,1H3. The lowest BCUT2D eigenvalue weighted by molar-refractivity contribution is -0.144. The van der Waals surface area contributed by atoms with E-state index in [1.54, 1.807) is 0 Å². The van der Waals surface area contributed by atoms with Crippen LogP contribution in [0.3, 0.4) is 0 Å². The first kappa shape index (κ1) is 16.8. The number of nitrogens with zero attached hydrogens (tertiary/aromatic N) is 2. The second-order valence-corrected chi connectivity index (χ2v) is 8.05. The molecule has 0 amide bonds. The van der Waals surface area contributed by atoms with Crippen LogP contribution >= 0.6 is 15.9 Å². The van der Waals surface area contributed by atoms with Crippen molar-refractivity contribution in [1.29, 1.82) is 0 Å². The lowest BCUT2D eigenvalue weighted by Gasteiger charge is -2.31. The number of carbonyl (C=O) groups excluding carboxylic acids is 1. The van der Waals surface area contributed by atoms with E-state index in [1.807, 2.05) is 0 Å². The van der Waals surface area contributed by atoms with Crippen LogP contribution in [0, 0.1) is 12.8 Å². The maximum atomic E-state index is 11.7. The molecular formula is C19H22BrN3O2. The number of alkyl halides is 1. The summed E-state index contributed by atoms with van der Waals surface area (Å²) in [4.78, 5) is 16.8. The first-order valence-electron chi connectivity index (χ1n) is 8.80. The molecule has 1 saturated carbocycles. The van der Waals surface area contributed by atoms with E-state index in [4.69, 9.17) is 9.73 Å². The molecule has 0 radical (unpaired) electrons. The van der Waals surface area contributed by atoms with Gasteiger partial charge in [0.25, 0.3) is 0 Å². The van der Waals surface area contributed by atoms with Crippen LogP contribution in [0.2, 0.25) is 0 Å². The fraction of sp³-hybridized carbons (Fsp3) is 0.474. The molecule has 132 valence electrons. The average molecular weight is 404 g/mol. The third-order valence-electron chi connectivity index (χ3n) is 4.73. The Balaban J connectivity index is 1.52. The zero-order chi connectivity index (χ0) is 17.4. The van der Waals surface area contributed by atoms with Gasteiger partial charge in [0, 0.05) is 18.7 Å². The molecule has 1 aromatic rings. The lowest BCUT2D eigenvalue weighted by Crippen LogP contribution is -2.39. The van der Waals surface area contributed by atoms with Gasteiger partial charge in [0.2, 0.25) is 0 Å². The summed E-state index contributed by atoms with van der Waals surface area (Å²) in [6.07, 6.45) is 4.73. The molecule has 6 heteroatoms. The lowest BCUT2D eigenvalue weighted by atomic mass is 10.0. The third-order valence-corrected chi connectivity index (χ3v) is 5.53. The van der Waals surface area contributed by atoms with Crippen LogP contribution in [-0.4, -0.2) is 40.8 Å². The second-order valence-electron chi connectivity index (χ2n) is 6.87. The minimum atomic E-state index is -0.0539. The van der Waals surface area contributed by atoms with E-state index < -0.39 is 0 Å². The highest BCUT2D eigenvalue weighted by molar-refractivity contribution is 9.09. The van der Waals surface area contributed by atoms with Crippen molar-refractivity contribution in [3.8, 4) is 0 Å². The molecule has 1 aromatic carbocycles. The summed E-state index contributed by atoms with van der Waals surface area (Å²) in [7, 11) is 0. The second kappa shape index (κ2) is 6.92. The van der Waals surface area contributed by atoms with Gasteiger partial charge in [-0.15, -0.1) is 0 Å². The Morgan fingerprint density at radius 2 is 2.28 bits per heavy atom. The molecular weight excluding hydrogens is 382 g/mol. The van der Waals surface area contributed by atoms with Gasteiger partial charge in [-0.05, 0) is 37.5 Å². The topological polar surface area (TPSA) is 53.9 Å². The Morgan fingerprint density at radius 3 is 3.04 bits per heavy atom. The van der Waals surface area contributed by atoms with Crippen LogP contribution in [-0.2, 0) is 9.53 Å². The molecule has 3 aliphatic rings. The number of aryl methyl sites for hydroxylation is 1. The summed E-state index contributed by atoms with van der Waals surface area (Å²) >= 11 is 3.72. The number of fused-ring (bicyclic) bond motifs is 1. The molecule has 2 fully saturated rings.